The van der Waals surface area contributed by atoms with Crippen LogP contribution in [0.1, 0.15) is 29.9 Å². The summed E-state index contributed by atoms with van der Waals surface area (Å²) in [4.78, 5) is 14.2. The topological polar surface area (TPSA) is 32.3 Å². The van der Waals surface area contributed by atoms with Crippen LogP contribution in [-0.2, 0) is 10.5 Å². The van der Waals surface area contributed by atoms with Crippen molar-refractivity contribution in [1.29, 1.82) is 0 Å². The molecule has 0 unspecified atom stereocenters. The summed E-state index contributed by atoms with van der Waals surface area (Å²) in [5.74, 6) is 2.03. The van der Waals surface area contributed by atoms with Gasteiger partial charge in [-0.3, -0.25) is 4.79 Å². The molecule has 0 aromatic heterocycles. The fraction of sp³-hybridized carbons (Fsp3) is 0.348. The zero-order valence-corrected chi connectivity index (χ0v) is 17.3. The van der Waals surface area contributed by atoms with E-state index in [0.717, 1.165) is 41.4 Å². The van der Waals surface area contributed by atoms with Crippen molar-refractivity contribution in [2.45, 2.75) is 24.5 Å². The van der Waals surface area contributed by atoms with E-state index in [1.807, 2.05) is 26.2 Å². The zero-order chi connectivity index (χ0) is 19.9. The summed E-state index contributed by atoms with van der Waals surface area (Å²) in [6, 6.07) is 15.1. The normalized spacial score (nSPS) is 16.6. The predicted octanol–water partition coefficient (Wildman–Crippen LogP) is 4.75. The van der Waals surface area contributed by atoms with Crippen LogP contribution >= 0.6 is 11.8 Å². The average molecular weight is 399 g/mol. The van der Waals surface area contributed by atoms with Crippen molar-refractivity contribution in [3.8, 4) is 0 Å². The average Bonchev–Trinajstić information content (AvgIpc) is 2.69. The Morgan fingerprint density at radius 1 is 1.07 bits per heavy atom. The molecule has 0 bridgehead atoms. The van der Waals surface area contributed by atoms with Gasteiger partial charge in [0.1, 0.15) is 5.82 Å². The molecule has 0 spiro atoms. The highest BCUT2D eigenvalue weighted by atomic mass is 32.2. The quantitative estimate of drug-likeness (QED) is 0.651. The third kappa shape index (κ3) is 5.86. The summed E-state index contributed by atoms with van der Waals surface area (Å²) in [6.45, 7) is 0.817. The molecule has 3 nitrogen and oxygen atoms in total. The van der Waals surface area contributed by atoms with Crippen LogP contribution in [0.3, 0.4) is 0 Å². The first kappa shape index (κ1) is 20.5. The van der Waals surface area contributed by atoms with Gasteiger partial charge >= 0.3 is 0 Å². The summed E-state index contributed by atoms with van der Waals surface area (Å²) < 4.78 is 12.9. The Kier molecular flexibility index (Phi) is 7.15. The molecule has 0 saturated heterocycles. The fourth-order valence-corrected chi connectivity index (χ4v) is 4.17. The number of thioether (sulfide) groups is 1. The third-order valence-electron chi connectivity index (χ3n) is 4.91. The number of benzene rings is 2. The van der Waals surface area contributed by atoms with Gasteiger partial charge in [-0.1, -0.05) is 24.3 Å². The van der Waals surface area contributed by atoms with Crippen molar-refractivity contribution in [2.24, 2.45) is 0 Å². The second kappa shape index (κ2) is 9.78. The van der Waals surface area contributed by atoms with Gasteiger partial charge < -0.3 is 10.2 Å². The third-order valence-corrected chi connectivity index (χ3v) is 5.94. The van der Waals surface area contributed by atoms with Gasteiger partial charge in [-0.15, -0.1) is 0 Å². The van der Waals surface area contributed by atoms with Crippen LogP contribution in [0.15, 0.2) is 60.3 Å². The number of nitrogens with one attached hydrogen (secondary N) is 1. The van der Waals surface area contributed by atoms with Gasteiger partial charge in [0.15, 0.2) is 5.78 Å². The Balaban J connectivity index is 1.46. The number of carbonyl (C=O) groups is 1. The van der Waals surface area contributed by atoms with Crippen molar-refractivity contribution in [3.63, 3.8) is 0 Å². The van der Waals surface area contributed by atoms with E-state index in [2.05, 4.69) is 34.5 Å². The van der Waals surface area contributed by atoms with Gasteiger partial charge in [0.2, 0.25) is 0 Å². The molecule has 1 aliphatic rings. The van der Waals surface area contributed by atoms with E-state index in [1.54, 1.807) is 17.8 Å². The number of halogens is 1. The van der Waals surface area contributed by atoms with Gasteiger partial charge in [0.25, 0.3) is 0 Å². The smallest absolute Gasteiger partial charge is 0.158 e. The van der Waals surface area contributed by atoms with Crippen LogP contribution in [0.25, 0.3) is 0 Å². The van der Waals surface area contributed by atoms with Gasteiger partial charge in [0, 0.05) is 56.0 Å². The molecule has 1 N–H and O–H groups in total. The maximum absolute atomic E-state index is 12.9. The Morgan fingerprint density at radius 2 is 1.79 bits per heavy atom. The molecule has 5 heteroatoms. The molecule has 3 rings (SSSR count). The lowest BCUT2D eigenvalue weighted by atomic mass is 9.85. The van der Waals surface area contributed by atoms with Gasteiger partial charge in [-0.2, -0.15) is 11.8 Å². The highest BCUT2D eigenvalue weighted by molar-refractivity contribution is 7.98. The van der Waals surface area contributed by atoms with E-state index < -0.39 is 0 Å². The van der Waals surface area contributed by atoms with Crippen LogP contribution in [-0.4, -0.2) is 32.2 Å². The van der Waals surface area contributed by atoms with E-state index >= 15 is 0 Å². The molecule has 2 aromatic rings. The molecular weight excluding hydrogens is 371 g/mol. The second-order valence-corrected chi connectivity index (χ2v) is 8.44. The van der Waals surface area contributed by atoms with Crippen LogP contribution in [0, 0.1) is 5.82 Å². The predicted molar refractivity (Wildman–Crippen MR) is 116 cm³/mol. The number of ketones is 1. The molecular formula is C23H27FN2OS. The lowest BCUT2D eigenvalue weighted by Crippen LogP contribution is -2.24. The summed E-state index contributed by atoms with van der Waals surface area (Å²) in [7, 11) is 4.05. The standard InChI is InChI=1S/C23H27FN2OS/c1-26(2)22-9-5-18(6-10-22)19-13-21(15-23(27)14-19)25-11-12-28-16-17-3-7-20(24)8-4-17/h3-10,15,19,25H,11-14,16H2,1-2H3/t19-/m1/s1. The van der Waals surface area contributed by atoms with E-state index in [9.17, 15) is 9.18 Å². The maximum atomic E-state index is 12.9. The van der Waals surface area contributed by atoms with Crippen molar-refractivity contribution in [1.82, 2.24) is 5.32 Å². The lowest BCUT2D eigenvalue weighted by Gasteiger charge is -2.24. The number of hydrogen-bond acceptors (Lipinski definition) is 4. The van der Waals surface area contributed by atoms with E-state index in [4.69, 9.17) is 0 Å². The Bertz CT molecular complexity index is 816. The molecule has 148 valence electrons. The van der Waals surface area contributed by atoms with Crippen molar-refractivity contribution >= 4 is 23.2 Å². The molecule has 0 saturated carbocycles. The lowest BCUT2D eigenvalue weighted by molar-refractivity contribution is -0.115. The molecule has 2 aromatic carbocycles. The van der Waals surface area contributed by atoms with Crippen LogP contribution in [0.4, 0.5) is 10.1 Å². The molecule has 0 aliphatic heterocycles. The van der Waals surface area contributed by atoms with Gasteiger partial charge in [-0.05, 0) is 47.7 Å². The minimum atomic E-state index is -0.199. The van der Waals surface area contributed by atoms with Crippen LogP contribution in [0.5, 0.6) is 0 Å². The van der Waals surface area contributed by atoms with Crippen LogP contribution < -0.4 is 10.2 Å². The van der Waals surface area contributed by atoms with E-state index in [-0.39, 0.29) is 17.5 Å². The molecule has 1 atom stereocenters. The highest BCUT2D eigenvalue weighted by Gasteiger charge is 2.22. The number of anilines is 1. The minimum absolute atomic E-state index is 0.189. The molecule has 0 fully saturated rings. The molecule has 28 heavy (non-hydrogen) atoms. The van der Waals surface area contributed by atoms with E-state index in [1.165, 1.54) is 17.7 Å². The zero-order valence-electron chi connectivity index (χ0n) is 16.5. The Morgan fingerprint density at radius 3 is 2.46 bits per heavy atom. The highest BCUT2D eigenvalue weighted by Crippen LogP contribution is 2.31. The van der Waals surface area contributed by atoms with Gasteiger partial charge in [0.05, 0.1) is 0 Å². The monoisotopic (exact) mass is 398 g/mol. The van der Waals surface area contributed by atoms with E-state index in [0.29, 0.717) is 6.42 Å². The molecule has 0 amide bonds. The molecule has 0 radical (unpaired) electrons. The summed E-state index contributed by atoms with van der Waals surface area (Å²) >= 11 is 1.80. The summed E-state index contributed by atoms with van der Waals surface area (Å²) in [6.07, 6.45) is 3.21. The second-order valence-electron chi connectivity index (χ2n) is 7.33. The van der Waals surface area contributed by atoms with Crippen molar-refractivity contribution in [3.05, 3.63) is 77.2 Å². The maximum Gasteiger partial charge on any atom is 0.158 e. The number of hydrogen-bond donors (Lipinski definition) is 1. The number of rotatable bonds is 8. The first-order valence-corrected chi connectivity index (χ1v) is 10.7. The van der Waals surface area contributed by atoms with Crippen LogP contribution in [0.2, 0.25) is 0 Å². The largest absolute Gasteiger partial charge is 0.387 e. The Labute approximate surface area is 171 Å². The minimum Gasteiger partial charge on any atom is -0.387 e. The van der Waals surface area contributed by atoms with Crippen molar-refractivity contribution in [2.75, 3.05) is 31.3 Å². The number of nitrogens with zero attached hydrogens (tertiary/aromatic N) is 1. The summed E-state index contributed by atoms with van der Waals surface area (Å²) in [5, 5.41) is 3.43. The number of carbonyl (C=O) groups excluding carboxylic acids is 1. The first-order valence-electron chi connectivity index (χ1n) is 9.58. The SMILES string of the molecule is CN(C)c1ccc([C@H]2CC(=O)C=C(NCCSCc3ccc(F)cc3)C2)cc1. The van der Waals surface area contributed by atoms with Gasteiger partial charge in [-0.25, -0.2) is 4.39 Å². The first-order chi connectivity index (χ1) is 13.5. The Hall–Kier alpha value is -2.27. The fourth-order valence-electron chi connectivity index (χ4n) is 3.35. The summed E-state index contributed by atoms with van der Waals surface area (Å²) in [5.41, 5.74) is 4.54. The number of allylic oxidation sites excluding steroid dienone is 2. The molecule has 0 heterocycles. The molecule has 1 aliphatic carbocycles. The van der Waals surface area contributed by atoms with Crippen molar-refractivity contribution < 1.29 is 9.18 Å².